The Labute approximate surface area is 98.3 Å². The summed E-state index contributed by atoms with van der Waals surface area (Å²) in [5.41, 5.74) is 0. The summed E-state index contributed by atoms with van der Waals surface area (Å²) in [6.07, 6.45) is 11.9. The van der Waals surface area contributed by atoms with Crippen LogP contribution in [0.1, 0.15) is 37.9 Å². The number of nitrogens with one attached hydrogen (secondary N) is 1. The van der Waals surface area contributed by atoms with Gasteiger partial charge in [0, 0.05) is 31.9 Å². The van der Waals surface area contributed by atoms with Crippen molar-refractivity contribution >= 4 is 0 Å². The molecule has 3 nitrogen and oxygen atoms in total. The summed E-state index contributed by atoms with van der Waals surface area (Å²) in [6, 6.07) is 0.680. The highest BCUT2D eigenvalue weighted by Gasteiger charge is 2.23. The Balaban J connectivity index is 1.85. The van der Waals surface area contributed by atoms with Gasteiger partial charge in [0.15, 0.2) is 0 Å². The quantitative estimate of drug-likeness (QED) is 0.825. The molecule has 1 aliphatic carbocycles. The topological polar surface area (TPSA) is 29.9 Å². The third-order valence-corrected chi connectivity index (χ3v) is 3.94. The van der Waals surface area contributed by atoms with E-state index in [9.17, 15) is 0 Å². The first-order chi connectivity index (χ1) is 7.81. The van der Waals surface area contributed by atoms with Gasteiger partial charge in [-0.2, -0.15) is 0 Å². The van der Waals surface area contributed by atoms with Crippen LogP contribution in [0, 0.1) is 5.92 Å². The number of aryl methyl sites for hydroxylation is 2. The van der Waals surface area contributed by atoms with E-state index in [0.717, 1.165) is 12.3 Å². The van der Waals surface area contributed by atoms with Crippen LogP contribution in [0.5, 0.6) is 0 Å². The van der Waals surface area contributed by atoms with E-state index in [1.165, 1.54) is 37.9 Å². The Morgan fingerprint density at radius 1 is 1.50 bits per heavy atom. The molecule has 1 unspecified atom stereocenters. The molecule has 0 spiro atoms. The van der Waals surface area contributed by atoms with Gasteiger partial charge in [0.05, 0.1) is 0 Å². The molecule has 0 saturated heterocycles. The number of imidazole rings is 1. The second-order valence-corrected chi connectivity index (χ2v) is 4.93. The number of nitrogens with zero attached hydrogens (tertiary/aromatic N) is 2. The zero-order valence-corrected chi connectivity index (χ0v) is 10.4. The van der Waals surface area contributed by atoms with Crippen LogP contribution < -0.4 is 5.32 Å². The summed E-state index contributed by atoms with van der Waals surface area (Å²) < 4.78 is 2.13. The molecular weight excluding hydrogens is 198 g/mol. The summed E-state index contributed by atoms with van der Waals surface area (Å²) >= 11 is 0. The molecule has 0 radical (unpaired) electrons. The van der Waals surface area contributed by atoms with E-state index in [2.05, 4.69) is 29.0 Å². The molecule has 1 N–H and O–H groups in total. The third-order valence-electron chi connectivity index (χ3n) is 3.94. The van der Waals surface area contributed by atoms with Crippen molar-refractivity contribution in [2.45, 2.75) is 44.6 Å². The van der Waals surface area contributed by atoms with Gasteiger partial charge in [-0.1, -0.05) is 12.8 Å². The Morgan fingerprint density at radius 2 is 2.25 bits per heavy atom. The first-order valence-electron chi connectivity index (χ1n) is 6.44. The number of hydrogen-bond donors (Lipinski definition) is 1. The predicted octanol–water partition coefficient (Wildman–Crippen LogP) is 2.13. The lowest BCUT2D eigenvalue weighted by molar-refractivity contribution is 0.357. The maximum Gasteiger partial charge on any atom is 0.108 e. The first-order valence-corrected chi connectivity index (χ1v) is 6.44. The van der Waals surface area contributed by atoms with E-state index < -0.39 is 0 Å². The number of aromatic nitrogens is 2. The Bertz CT molecular complexity index is 313. The first kappa shape index (κ1) is 11.6. The molecule has 3 heteroatoms. The van der Waals surface area contributed by atoms with E-state index in [1.807, 2.05) is 12.4 Å². The lowest BCUT2D eigenvalue weighted by Crippen LogP contribution is -2.32. The fourth-order valence-electron chi connectivity index (χ4n) is 2.90. The van der Waals surface area contributed by atoms with Crippen molar-refractivity contribution in [3.05, 3.63) is 18.2 Å². The van der Waals surface area contributed by atoms with E-state index >= 15 is 0 Å². The van der Waals surface area contributed by atoms with Crippen molar-refractivity contribution < 1.29 is 0 Å². The van der Waals surface area contributed by atoms with E-state index in [-0.39, 0.29) is 0 Å². The van der Waals surface area contributed by atoms with Gasteiger partial charge in [-0.05, 0) is 32.2 Å². The lowest BCUT2D eigenvalue weighted by atomic mass is 9.94. The maximum atomic E-state index is 4.38. The SMILES string of the molecule is CNC(CCc1nccn1C)C1CCCC1. The van der Waals surface area contributed by atoms with Crippen molar-refractivity contribution in [2.75, 3.05) is 7.05 Å². The molecule has 90 valence electrons. The Kier molecular flexibility index (Phi) is 3.99. The molecule has 0 amide bonds. The van der Waals surface area contributed by atoms with Crippen LogP contribution in [0.3, 0.4) is 0 Å². The van der Waals surface area contributed by atoms with Gasteiger partial charge >= 0.3 is 0 Å². The smallest absolute Gasteiger partial charge is 0.108 e. The normalized spacial score (nSPS) is 19.1. The van der Waals surface area contributed by atoms with Gasteiger partial charge in [-0.3, -0.25) is 0 Å². The molecule has 1 aromatic heterocycles. The minimum absolute atomic E-state index is 0.680. The number of hydrogen-bond acceptors (Lipinski definition) is 2. The van der Waals surface area contributed by atoms with Gasteiger partial charge in [-0.25, -0.2) is 4.98 Å². The molecular formula is C13H23N3. The maximum absolute atomic E-state index is 4.38. The van der Waals surface area contributed by atoms with Crippen LogP contribution in [-0.2, 0) is 13.5 Å². The van der Waals surface area contributed by atoms with Crippen LogP contribution >= 0.6 is 0 Å². The third kappa shape index (κ3) is 2.64. The van der Waals surface area contributed by atoms with Gasteiger partial charge in [0.1, 0.15) is 5.82 Å². The summed E-state index contributed by atoms with van der Waals surface area (Å²) in [4.78, 5) is 4.38. The molecule has 1 fully saturated rings. The standard InChI is InChI=1S/C13H23N3/c1-14-12(11-5-3-4-6-11)7-8-13-15-9-10-16(13)2/h9-12,14H,3-8H2,1-2H3. The molecule has 16 heavy (non-hydrogen) atoms. The molecule has 0 aliphatic heterocycles. The molecule has 1 atom stereocenters. The molecule has 2 rings (SSSR count). The van der Waals surface area contributed by atoms with Gasteiger partial charge in [-0.15, -0.1) is 0 Å². The van der Waals surface area contributed by atoms with Crippen molar-refractivity contribution in [1.82, 2.24) is 14.9 Å². The summed E-state index contributed by atoms with van der Waals surface area (Å²) in [7, 11) is 4.17. The van der Waals surface area contributed by atoms with E-state index in [1.54, 1.807) is 0 Å². The van der Waals surface area contributed by atoms with E-state index in [4.69, 9.17) is 0 Å². The summed E-state index contributed by atoms with van der Waals surface area (Å²) in [5, 5.41) is 3.49. The fourth-order valence-corrected chi connectivity index (χ4v) is 2.90. The molecule has 1 saturated carbocycles. The fraction of sp³-hybridized carbons (Fsp3) is 0.769. The van der Waals surface area contributed by atoms with Crippen LogP contribution in [0.4, 0.5) is 0 Å². The zero-order chi connectivity index (χ0) is 11.4. The van der Waals surface area contributed by atoms with E-state index in [0.29, 0.717) is 6.04 Å². The summed E-state index contributed by atoms with van der Waals surface area (Å²) in [5.74, 6) is 2.10. The van der Waals surface area contributed by atoms with Crippen LogP contribution in [-0.4, -0.2) is 22.6 Å². The molecule has 0 bridgehead atoms. The summed E-state index contributed by atoms with van der Waals surface area (Å²) in [6.45, 7) is 0. The molecule has 1 aliphatic rings. The average Bonchev–Trinajstić information content (AvgIpc) is 2.92. The predicted molar refractivity (Wildman–Crippen MR) is 66.3 cm³/mol. The number of rotatable bonds is 5. The van der Waals surface area contributed by atoms with Crippen LogP contribution in [0.25, 0.3) is 0 Å². The monoisotopic (exact) mass is 221 g/mol. The van der Waals surface area contributed by atoms with Gasteiger partial charge < -0.3 is 9.88 Å². The zero-order valence-electron chi connectivity index (χ0n) is 10.4. The highest BCUT2D eigenvalue weighted by atomic mass is 15.0. The molecule has 1 heterocycles. The van der Waals surface area contributed by atoms with Crippen molar-refractivity contribution in [1.29, 1.82) is 0 Å². The van der Waals surface area contributed by atoms with Crippen molar-refractivity contribution in [3.63, 3.8) is 0 Å². The minimum atomic E-state index is 0.680. The molecule has 1 aromatic rings. The van der Waals surface area contributed by atoms with Crippen molar-refractivity contribution in [2.24, 2.45) is 13.0 Å². The highest BCUT2D eigenvalue weighted by molar-refractivity contribution is 4.93. The van der Waals surface area contributed by atoms with Crippen LogP contribution in [0.2, 0.25) is 0 Å². The lowest BCUT2D eigenvalue weighted by Gasteiger charge is -2.22. The van der Waals surface area contributed by atoms with Crippen molar-refractivity contribution in [3.8, 4) is 0 Å². The minimum Gasteiger partial charge on any atom is -0.338 e. The molecule has 0 aromatic carbocycles. The van der Waals surface area contributed by atoms with Gasteiger partial charge in [0.25, 0.3) is 0 Å². The second kappa shape index (κ2) is 5.48. The van der Waals surface area contributed by atoms with Crippen LogP contribution in [0.15, 0.2) is 12.4 Å². The average molecular weight is 221 g/mol. The largest absolute Gasteiger partial charge is 0.338 e. The Hall–Kier alpha value is -0.830. The van der Waals surface area contributed by atoms with Gasteiger partial charge in [0.2, 0.25) is 0 Å². The highest BCUT2D eigenvalue weighted by Crippen LogP contribution is 2.29. The second-order valence-electron chi connectivity index (χ2n) is 4.93. The Morgan fingerprint density at radius 3 is 2.81 bits per heavy atom.